The summed E-state index contributed by atoms with van der Waals surface area (Å²) in [5.74, 6) is 1.61. The number of benzene rings is 2. The van der Waals surface area contributed by atoms with E-state index in [1.807, 2.05) is 0 Å². The van der Waals surface area contributed by atoms with E-state index in [1.165, 1.54) is 21.3 Å². The number of carbonyl (C=O) groups is 2. The third kappa shape index (κ3) is 5.47. The van der Waals surface area contributed by atoms with Gasteiger partial charge in [-0.05, 0) is 55.5 Å². The first-order chi connectivity index (χ1) is 16.4. The number of aromatic nitrogens is 1. The van der Waals surface area contributed by atoms with Crippen molar-refractivity contribution in [3.05, 3.63) is 59.8 Å². The van der Waals surface area contributed by atoms with Crippen molar-refractivity contribution in [1.29, 1.82) is 0 Å². The minimum atomic E-state index is -0.599. The van der Waals surface area contributed by atoms with Crippen molar-refractivity contribution in [2.24, 2.45) is 0 Å². The zero-order valence-electron chi connectivity index (χ0n) is 19.5. The Labute approximate surface area is 197 Å². The van der Waals surface area contributed by atoms with Crippen LogP contribution in [0.5, 0.6) is 23.0 Å². The molecule has 3 N–H and O–H groups in total. The standard InChI is InChI=1S/C24H26N4O6/c1-14-18(23(29)27-28-24(30)26-16-6-8-17(31-2)9-7-16)10-11-19(25-14)15-12-20(32-3)22(34-5)21(13-15)33-4/h6-13H,1-5H3,(H,27,29)(H2,26,28,30). The highest BCUT2D eigenvalue weighted by Crippen LogP contribution is 2.40. The van der Waals surface area contributed by atoms with Gasteiger partial charge in [0.1, 0.15) is 5.75 Å². The van der Waals surface area contributed by atoms with Crippen LogP contribution in [0, 0.1) is 6.92 Å². The molecule has 0 aliphatic rings. The van der Waals surface area contributed by atoms with Gasteiger partial charge < -0.3 is 24.3 Å². The number of pyridine rings is 1. The zero-order valence-corrected chi connectivity index (χ0v) is 19.5. The molecule has 3 aromatic rings. The maximum Gasteiger partial charge on any atom is 0.337 e. The predicted molar refractivity (Wildman–Crippen MR) is 127 cm³/mol. The third-order valence-electron chi connectivity index (χ3n) is 4.93. The molecule has 0 aliphatic heterocycles. The van der Waals surface area contributed by atoms with Crippen LogP contribution >= 0.6 is 0 Å². The van der Waals surface area contributed by atoms with Crippen molar-refractivity contribution >= 4 is 17.6 Å². The zero-order chi connectivity index (χ0) is 24.7. The molecule has 0 spiro atoms. The number of carbonyl (C=O) groups excluding carboxylic acids is 2. The molecule has 178 valence electrons. The van der Waals surface area contributed by atoms with Crippen molar-refractivity contribution in [3.8, 4) is 34.3 Å². The summed E-state index contributed by atoms with van der Waals surface area (Å²) in [7, 11) is 6.15. The lowest BCUT2D eigenvalue weighted by Crippen LogP contribution is -2.44. The van der Waals surface area contributed by atoms with Gasteiger partial charge in [0.15, 0.2) is 11.5 Å². The van der Waals surface area contributed by atoms with Crippen LogP contribution in [0.1, 0.15) is 16.1 Å². The highest BCUT2D eigenvalue weighted by atomic mass is 16.5. The van der Waals surface area contributed by atoms with Crippen LogP contribution in [-0.2, 0) is 0 Å². The van der Waals surface area contributed by atoms with E-state index < -0.39 is 11.9 Å². The lowest BCUT2D eigenvalue weighted by molar-refractivity contribution is 0.0937. The molecule has 0 saturated carbocycles. The van der Waals surface area contributed by atoms with Gasteiger partial charge in [0.25, 0.3) is 5.91 Å². The van der Waals surface area contributed by atoms with Crippen molar-refractivity contribution in [3.63, 3.8) is 0 Å². The van der Waals surface area contributed by atoms with E-state index in [1.54, 1.807) is 62.6 Å². The van der Waals surface area contributed by atoms with Gasteiger partial charge in [0, 0.05) is 11.3 Å². The Morgan fingerprint density at radius 2 is 1.44 bits per heavy atom. The van der Waals surface area contributed by atoms with Gasteiger partial charge in [-0.15, -0.1) is 0 Å². The summed E-state index contributed by atoms with van der Waals surface area (Å²) in [5.41, 5.74) is 7.34. The summed E-state index contributed by atoms with van der Waals surface area (Å²) >= 11 is 0. The van der Waals surface area contributed by atoms with Crippen LogP contribution in [-0.4, -0.2) is 45.4 Å². The number of rotatable bonds is 7. The Hall–Kier alpha value is -4.47. The van der Waals surface area contributed by atoms with Gasteiger partial charge in [-0.25, -0.2) is 10.2 Å². The fourth-order valence-electron chi connectivity index (χ4n) is 3.21. The van der Waals surface area contributed by atoms with E-state index in [-0.39, 0.29) is 0 Å². The summed E-state index contributed by atoms with van der Waals surface area (Å²) in [6.07, 6.45) is 0. The minimum absolute atomic E-state index is 0.306. The summed E-state index contributed by atoms with van der Waals surface area (Å²) in [6.45, 7) is 1.70. The Kier molecular flexibility index (Phi) is 7.75. The monoisotopic (exact) mass is 466 g/mol. The molecule has 0 fully saturated rings. The first kappa shape index (κ1) is 24.2. The smallest absolute Gasteiger partial charge is 0.337 e. The molecule has 34 heavy (non-hydrogen) atoms. The summed E-state index contributed by atoms with van der Waals surface area (Å²) < 4.78 is 21.2. The second-order valence-electron chi connectivity index (χ2n) is 7.01. The summed E-state index contributed by atoms with van der Waals surface area (Å²) in [6, 6.07) is 13.0. The van der Waals surface area contributed by atoms with Crippen molar-refractivity contribution in [2.45, 2.75) is 6.92 Å². The number of hydrogen-bond donors (Lipinski definition) is 3. The molecule has 1 heterocycles. The number of methoxy groups -OCH3 is 4. The van der Waals surface area contributed by atoms with E-state index in [4.69, 9.17) is 18.9 Å². The molecule has 2 aromatic carbocycles. The van der Waals surface area contributed by atoms with E-state index in [0.717, 1.165) is 5.56 Å². The highest BCUT2D eigenvalue weighted by Gasteiger charge is 2.17. The molecule has 0 atom stereocenters. The SMILES string of the molecule is COc1ccc(NC(=O)NNC(=O)c2ccc(-c3cc(OC)c(OC)c(OC)c3)nc2C)cc1. The molecule has 10 heteroatoms. The largest absolute Gasteiger partial charge is 0.497 e. The second kappa shape index (κ2) is 10.9. The number of anilines is 1. The van der Waals surface area contributed by atoms with Crippen LogP contribution in [0.4, 0.5) is 10.5 Å². The van der Waals surface area contributed by atoms with Crippen LogP contribution < -0.4 is 35.1 Å². The molecule has 0 bridgehead atoms. The molecule has 3 amide bonds. The van der Waals surface area contributed by atoms with Gasteiger partial charge in [0.05, 0.1) is 45.4 Å². The van der Waals surface area contributed by atoms with Gasteiger partial charge >= 0.3 is 6.03 Å². The Balaban J connectivity index is 1.69. The van der Waals surface area contributed by atoms with Crippen LogP contribution in [0.3, 0.4) is 0 Å². The lowest BCUT2D eigenvalue weighted by atomic mass is 10.1. The topological polar surface area (TPSA) is 120 Å². The Bertz CT molecular complexity index is 1160. The van der Waals surface area contributed by atoms with Crippen LogP contribution in [0.25, 0.3) is 11.3 Å². The molecule has 0 aliphatic carbocycles. The Morgan fingerprint density at radius 3 is 1.97 bits per heavy atom. The first-order valence-corrected chi connectivity index (χ1v) is 10.2. The minimum Gasteiger partial charge on any atom is -0.497 e. The number of ether oxygens (including phenoxy) is 4. The summed E-state index contributed by atoms with van der Waals surface area (Å²) in [5, 5.41) is 2.61. The van der Waals surface area contributed by atoms with E-state index in [9.17, 15) is 9.59 Å². The molecule has 10 nitrogen and oxygen atoms in total. The maximum absolute atomic E-state index is 12.6. The van der Waals surface area contributed by atoms with Crippen molar-refractivity contribution < 1.29 is 28.5 Å². The quantitative estimate of drug-likeness (QED) is 0.456. The number of nitrogens with one attached hydrogen (secondary N) is 3. The fourth-order valence-corrected chi connectivity index (χ4v) is 3.21. The number of aryl methyl sites for hydroxylation is 1. The van der Waals surface area contributed by atoms with Gasteiger partial charge in [-0.2, -0.15) is 0 Å². The molecule has 1 aromatic heterocycles. The fraction of sp³-hybridized carbons (Fsp3) is 0.208. The third-order valence-corrected chi connectivity index (χ3v) is 4.93. The summed E-state index contributed by atoms with van der Waals surface area (Å²) in [4.78, 5) is 29.2. The highest BCUT2D eigenvalue weighted by molar-refractivity contribution is 5.98. The van der Waals surface area contributed by atoms with Crippen LogP contribution in [0.15, 0.2) is 48.5 Å². The molecular formula is C24H26N4O6. The van der Waals surface area contributed by atoms with E-state index >= 15 is 0 Å². The van der Waals surface area contributed by atoms with Gasteiger partial charge in [-0.3, -0.25) is 15.2 Å². The normalized spacial score (nSPS) is 10.1. The van der Waals surface area contributed by atoms with Crippen LogP contribution in [0.2, 0.25) is 0 Å². The number of urea groups is 1. The van der Waals surface area contributed by atoms with Crippen molar-refractivity contribution in [1.82, 2.24) is 15.8 Å². The predicted octanol–water partition coefficient (Wildman–Crippen LogP) is 3.56. The van der Waals surface area contributed by atoms with Gasteiger partial charge in [-0.1, -0.05) is 0 Å². The number of hydrazine groups is 1. The average Bonchev–Trinajstić information content (AvgIpc) is 2.86. The number of nitrogens with zero attached hydrogens (tertiary/aromatic N) is 1. The Morgan fingerprint density at radius 1 is 0.794 bits per heavy atom. The second-order valence-corrected chi connectivity index (χ2v) is 7.01. The average molecular weight is 466 g/mol. The molecule has 0 unspecified atom stereocenters. The number of amides is 3. The molecule has 0 radical (unpaired) electrons. The van der Waals surface area contributed by atoms with Gasteiger partial charge in [0.2, 0.25) is 5.75 Å². The number of hydrogen-bond acceptors (Lipinski definition) is 7. The van der Waals surface area contributed by atoms with Crippen molar-refractivity contribution in [2.75, 3.05) is 33.8 Å². The van der Waals surface area contributed by atoms with E-state index in [2.05, 4.69) is 21.2 Å². The molecular weight excluding hydrogens is 440 g/mol. The lowest BCUT2D eigenvalue weighted by Gasteiger charge is -2.15. The molecule has 0 saturated heterocycles. The maximum atomic E-state index is 12.6. The molecule has 3 rings (SSSR count). The first-order valence-electron chi connectivity index (χ1n) is 10.2. The van der Waals surface area contributed by atoms with E-state index in [0.29, 0.717) is 45.6 Å².